The lowest BCUT2D eigenvalue weighted by Gasteiger charge is -2.38. The minimum absolute atomic E-state index is 0.136. The summed E-state index contributed by atoms with van der Waals surface area (Å²) >= 11 is 0. The number of hydrogen-bond acceptors (Lipinski definition) is 3. The van der Waals surface area contributed by atoms with Crippen LogP contribution in [0.5, 0.6) is 0 Å². The smallest absolute Gasteiger partial charge is 0.204 e. The van der Waals surface area contributed by atoms with Gasteiger partial charge in [0.15, 0.2) is 5.76 Å². The zero-order chi connectivity index (χ0) is 18.7. The molecule has 6 rings (SSSR count). The third-order valence-electron chi connectivity index (χ3n) is 8.43. The molecule has 28 heavy (non-hydrogen) atoms. The molecule has 4 unspecified atom stereocenters. The summed E-state index contributed by atoms with van der Waals surface area (Å²) in [4.78, 5) is 16.2. The Labute approximate surface area is 167 Å². The van der Waals surface area contributed by atoms with Gasteiger partial charge in [-0.3, -0.25) is 4.79 Å². The fraction of sp³-hybridized carbons (Fsp3) is 0.640. The van der Waals surface area contributed by atoms with Gasteiger partial charge in [-0.15, -0.1) is 0 Å². The van der Waals surface area contributed by atoms with Crippen molar-refractivity contribution in [2.24, 2.45) is 23.2 Å². The number of nitrogens with zero attached hydrogens (tertiary/aromatic N) is 1. The molecule has 0 N–H and O–H groups in total. The molecule has 1 aromatic carbocycles. The summed E-state index contributed by atoms with van der Waals surface area (Å²) in [5.41, 5.74) is 1.99. The van der Waals surface area contributed by atoms with E-state index in [2.05, 4.69) is 23.1 Å². The highest BCUT2D eigenvalue weighted by Gasteiger charge is 2.53. The Morgan fingerprint density at radius 1 is 1.00 bits per heavy atom. The number of fused-ring (bicyclic) bond motifs is 3. The van der Waals surface area contributed by atoms with Gasteiger partial charge in [0.05, 0.1) is 0 Å². The van der Waals surface area contributed by atoms with Gasteiger partial charge in [0.2, 0.25) is 5.78 Å². The highest BCUT2D eigenvalue weighted by molar-refractivity contribution is 6.01. The molecule has 0 radical (unpaired) electrons. The van der Waals surface area contributed by atoms with E-state index in [-0.39, 0.29) is 5.41 Å². The van der Waals surface area contributed by atoms with E-state index in [1.165, 1.54) is 50.6 Å². The molecule has 3 saturated carbocycles. The molecule has 4 fully saturated rings. The number of ketones is 1. The van der Waals surface area contributed by atoms with Gasteiger partial charge in [0.25, 0.3) is 0 Å². The summed E-state index contributed by atoms with van der Waals surface area (Å²) in [5.74, 6) is 3.39. The monoisotopic (exact) mass is 377 g/mol. The number of Topliss-reactive ketones (excluding diaryl/α,β-unsaturated/α-hetero) is 1. The number of rotatable bonds is 3. The quantitative estimate of drug-likeness (QED) is 0.596. The molecule has 3 heteroatoms. The van der Waals surface area contributed by atoms with Gasteiger partial charge in [-0.1, -0.05) is 12.8 Å². The van der Waals surface area contributed by atoms with E-state index in [0.717, 1.165) is 61.1 Å². The van der Waals surface area contributed by atoms with Crippen molar-refractivity contribution in [1.29, 1.82) is 0 Å². The van der Waals surface area contributed by atoms with Crippen molar-refractivity contribution in [3.05, 3.63) is 30.0 Å². The van der Waals surface area contributed by atoms with Crippen LogP contribution in [0.4, 0.5) is 5.69 Å². The second-order valence-electron chi connectivity index (χ2n) is 10.1. The summed E-state index contributed by atoms with van der Waals surface area (Å²) in [6, 6.07) is 8.52. The van der Waals surface area contributed by atoms with Crippen molar-refractivity contribution in [2.45, 2.75) is 64.2 Å². The average Bonchev–Trinajstić information content (AvgIpc) is 3.23. The molecule has 4 aliphatic rings. The predicted molar refractivity (Wildman–Crippen MR) is 112 cm³/mol. The van der Waals surface area contributed by atoms with Gasteiger partial charge in [0, 0.05) is 35.6 Å². The van der Waals surface area contributed by atoms with E-state index in [1.807, 2.05) is 6.07 Å². The highest BCUT2D eigenvalue weighted by Crippen LogP contribution is 2.59. The third-order valence-corrected chi connectivity index (χ3v) is 8.43. The van der Waals surface area contributed by atoms with Crippen LogP contribution in [-0.2, 0) is 0 Å². The maximum atomic E-state index is 13.7. The molecule has 0 amide bonds. The van der Waals surface area contributed by atoms with Crippen LogP contribution in [-0.4, -0.2) is 18.9 Å². The van der Waals surface area contributed by atoms with Gasteiger partial charge in [0.1, 0.15) is 5.58 Å². The highest BCUT2D eigenvalue weighted by atomic mass is 16.3. The van der Waals surface area contributed by atoms with Crippen LogP contribution in [0.25, 0.3) is 11.0 Å². The van der Waals surface area contributed by atoms with Crippen molar-refractivity contribution in [2.75, 3.05) is 18.0 Å². The maximum absolute atomic E-state index is 13.7. The molecular formula is C25H31NO2. The van der Waals surface area contributed by atoms with Gasteiger partial charge in [-0.2, -0.15) is 0 Å². The second-order valence-corrected chi connectivity index (χ2v) is 10.1. The average molecular weight is 378 g/mol. The van der Waals surface area contributed by atoms with Crippen LogP contribution in [0.1, 0.15) is 74.8 Å². The molecule has 148 valence electrons. The van der Waals surface area contributed by atoms with E-state index in [0.29, 0.717) is 11.5 Å². The normalized spacial score (nSPS) is 34.7. The first-order chi connectivity index (χ1) is 13.7. The van der Waals surface area contributed by atoms with Crippen molar-refractivity contribution in [1.82, 2.24) is 0 Å². The van der Waals surface area contributed by atoms with Crippen molar-refractivity contribution in [3.8, 4) is 0 Å². The molecule has 1 aliphatic heterocycles. The first kappa shape index (κ1) is 17.1. The van der Waals surface area contributed by atoms with Crippen molar-refractivity contribution < 1.29 is 9.21 Å². The summed E-state index contributed by atoms with van der Waals surface area (Å²) in [6.07, 6.45) is 12.5. The number of benzene rings is 1. The number of carbonyl (C=O) groups is 1. The van der Waals surface area contributed by atoms with Gasteiger partial charge >= 0.3 is 0 Å². The van der Waals surface area contributed by atoms with E-state index in [9.17, 15) is 4.79 Å². The Hall–Kier alpha value is -1.77. The molecule has 1 aromatic heterocycles. The molecule has 3 aliphatic carbocycles. The number of hydrogen-bond donors (Lipinski definition) is 0. The fourth-order valence-corrected chi connectivity index (χ4v) is 7.19. The zero-order valence-corrected chi connectivity index (χ0v) is 16.8. The van der Waals surface area contributed by atoms with Gasteiger partial charge in [-0.25, -0.2) is 0 Å². The largest absolute Gasteiger partial charge is 0.453 e. The topological polar surface area (TPSA) is 33.5 Å². The summed E-state index contributed by atoms with van der Waals surface area (Å²) < 4.78 is 6.21. The fourth-order valence-electron chi connectivity index (χ4n) is 7.19. The van der Waals surface area contributed by atoms with Crippen LogP contribution < -0.4 is 4.90 Å². The maximum Gasteiger partial charge on any atom is 0.204 e. The van der Waals surface area contributed by atoms with E-state index in [1.54, 1.807) is 0 Å². The van der Waals surface area contributed by atoms with Crippen molar-refractivity contribution in [3.63, 3.8) is 0 Å². The van der Waals surface area contributed by atoms with Crippen LogP contribution in [0, 0.1) is 23.2 Å². The van der Waals surface area contributed by atoms with Crippen molar-refractivity contribution >= 4 is 22.4 Å². The molecule has 3 nitrogen and oxygen atoms in total. The lowest BCUT2D eigenvalue weighted by molar-refractivity contribution is 0.0582. The van der Waals surface area contributed by atoms with Crippen LogP contribution in [0.2, 0.25) is 0 Å². The Morgan fingerprint density at radius 3 is 2.75 bits per heavy atom. The molecule has 4 atom stereocenters. The zero-order valence-electron chi connectivity index (χ0n) is 16.8. The number of piperidine rings is 1. The first-order valence-corrected chi connectivity index (χ1v) is 11.5. The Kier molecular flexibility index (Phi) is 3.89. The molecule has 3 bridgehead atoms. The lowest BCUT2D eigenvalue weighted by atomic mass is 9.64. The third kappa shape index (κ3) is 2.65. The van der Waals surface area contributed by atoms with Gasteiger partial charge < -0.3 is 9.32 Å². The van der Waals surface area contributed by atoms with Gasteiger partial charge in [-0.05, 0) is 87.3 Å². The molecule has 2 heterocycles. The molecule has 1 saturated heterocycles. The number of furan rings is 1. The minimum atomic E-state index is -0.136. The van der Waals surface area contributed by atoms with Crippen LogP contribution in [0.15, 0.2) is 28.7 Å². The Bertz CT molecular complexity index is 908. The second kappa shape index (κ2) is 6.37. The lowest BCUT2D eigenvalue weighted by Crippen LogP contribution is -2.36. The predicted octanol–water partition coefficient (Wildman–Crippen LogP) is 6.21. The molecule has 0 spiro atoms. The standard InChI is InChI=1S/C25H31NO2/c27-24(25-8-4-5-18-11-17(15-25)12-20(18)16-25)23-13-19-6-7-21(14-22(19)28-23)26-9-2-1-3-10-26/h6-7,13-14,17-18,20H,1-5,8-12,15-16H2. The van der Waals surface area contributed by atoms with E-state index in [4.69, 9.17) is 4.42 Å². The first-order valence-electron chi connectivity index (χ1n) is 11.5. The summed E-state index contributed by atoms with van der Waals surface area (Å²) in [6.45, 7) is 2.26. The summed E-state index contributed by atoms with van der Waals surface area (Å²) in [7, 11) is 0. The Balaban J connectivity index is 1.32. The van der Waals surface area contributed by atoms with Crippen LogP contribution in [0.3, 0.4) is 0 Å². The van der Waals surface area contributed by atoms with E-state index >= 15 is 0 Å². The SMILES string of the molecule is O=C(c1cc2ccc(N3CCCCC3)cc2o1)C12CCCC3CC(CC3C1)C2. The molecule has 2 aromatic rings. The van der Waals surface area contributed by atoms with E-state index < -0.39 is 0 Å². The molecular weight excluding hydrogens is 346 g/mol. The van der Waals surface area contributed by atoms with Crippen LogP contribution >= 0.6 is 0 Å². The number of carbonyl (C=O) groups excluding carboxylic acids is 1. The Morgan fingerprint density at radius 2 is 1.86 bits per heavy atom. The summed E-state index contributed by atoms with van der Waals surface area (Å²) in [5, 5.41) is 1.07. The number of anilines is 1. The minimum Gasteiger partial charge on any atom is -0.453 e.